The number of carbonyl (C=O) groups is 1. The molecule has 0 heterocycles. The number of hydrogen-bond acceptors (Lipinski definition) is 4. The van der Waals surface area contributed by atoms with Gasteiger partial charge in [0, 0.05) is 6.04 Å². The summed E-state index contributed by atoms with van der Waals surface area (Å²) in [5, 5.41) is 19.8. The zero-order valence-corrected chi connectivity index (χ0v) is 10.9. The van der Waals surface area contributed by atoms with Crippen molar-refractivity contribution in [1.82, 2.24) is 0 Å². The van der Waals surface area contributed by atoms with Crippen molar-refractivity contribution >= 4 is 17.3 Å². The van der Waals surface area contributed by atoms with Gasteiger partial charge < -0.3 is 10.0 Å². The molecule has 19 heavy (non-hydrogen) atoms. The summed E-state index contributed by atoms with van der Waals surface area (Å²) in [7, 11) is 0. The SMILES string of the molecule is Cc1cc(N(CC(=O)O)C(C)C)c([N+](=O)[O-])cc1F. The molecule has 0 fully saturated rings. The van der Waals surface area contributed by atoms with Crippen LogP contribution in [0.15, 0.2) is 12.1 Å². The smallest absolute Gasteiger partial charge is 0.323 e. The first kappa shape index (κ1) is 14.9. The van der Waals surface area contributed by atoms with Gasteiger partial charge in [-0.05, 0) is 32.4 Å². The van der Waals surface area contributed by atoms with Crippen LogP contribution in [-0.2, 0) is 4.79 Å². The number of benzene rings is 1. The molecule has 104 valence electrons. The third kappa shape index (κ3) is 3.40. The van der Waals surface area contributed by atoms with Crippen LogP contribution in [0.3, 0.4) is 0 Å². The Kier molecular flexibility index (Phi) is 4.42. The van der Waals surface area contributed by atoms with Gasteiger partial charge in [-0.1, -0.05) is 0 Å². The van der Waals surface area contributed by atoms with E-state index in [9.17, 15) is 19.3 Å². The van der Waals surface area contributed by atoms with Gasteiger partial charge in [0.2, 0.25) is 0 Å². The van der Waals surface area contributed by atoms with Crippen molar-refractivity contribution in [1.29, 1.82) is 0 Å². The molecule has 0 amide bonds. The van der Waals surface area contributed by atoms with Crippen LogP contribution in [0.2, 0.25) is 0 Å². The van der Waals surface area contributed by atoms with Gasteiger partial charge in [-0.25, -0.2) is 4.39 Å². The number of aliphatic carboxylic acids is 1. The second-order valence-electron chi connectivity index (χ2n) is 4.46. The summed E-state index contributed by atoms with van der Waals surface area (Å²) < 4.78 is 13.4. The minimum Gasteiger partial charge on any atom is -0.480 e. The van der Waals surface area contributed by atoms with Gasteiger partial charge in [-0.3, -0.25) is 14.9 Å². The van der Waals surface area contributed by atoms with Crippen molar-refractivity contribution in [2.75, 3.05) is 11.4 Å². The second-order valence-corrected chi connectivity index (χ2v) is 4.46. The van der Waals surface area contributed by atoms with Crippen LogP contribution in [0.1, 0.15) is 19.4 Å². The average molecular weight is 270 g/mol. The third-order valence-electron chi connectivity index (χ3n) is 2.69. The van der Waals surface area contributed by atoms with Gasteiger partial charge in [0.1, 0.15) is 18.0 Å². The van der Waals surface area contributed by atoms with E-state index in [4.69, 9.17) is 5.11 Å². The molecule has 1 aromatic rings. The molecule has 0 bridgehead atoms. The number of aryl methyl sites for hydroxylation is 1. The molecule has 0 atom stereocenters. The van der Waals surface area contributed by atoms with Crippen molar-refractivity contribution in [3.8, 4) is 0 Å². The number of rotatable bonds is 5. The minimum absolute atomic E-state index is 0.112. The maximum absolute atomic E-state index is 13.4. The summed E-state index contributed by atoms with van der Waals surface area (Å²) in [6, 6.07) is 1.86. The van der Waals surface area contributed by atoms with E-state index in [1.165, 1.54) is 17.9 Å². The molecule has 0 aliphatic heterocycles. The van der Waals surface area contributed by atoms with Crippen molar-refractivity contribution in [3.05, 3.63) is 33.6 Å². The highest BCUT2D eigenvalue weighted by atomic mass is 19.1. The van der Waals surface area contributed by atoms with Gasteiger partial charge in [0.25, 0.3) is 5.69 Å². The summed E-state index contributed by atoms with van der Waals surface area (Å²) in [4.78, 5) is 22.4. The largest absolute Gasteiger partial charge is 0.480 e. The van der Waals surface area contributed by atoms with Crippen LogP contribution in [0, 0.1) is 22.9 Å². The maximum atomic E-state index is 13.4. The van der Waals surface area contributed by atoms with E-state index in [2.05, 4.69) is 0 Å². The van der Waals surface area contributed by atoms with E-state index in [-0.39, 0.29) is 23.8 Å². The molecule has 0 saturated heterocycles. The van der Waals surface area contributed by atoms with E-state index in [0.29, 0.717) is 0 Å². The minimum atomic E-state index is -1.11. The van der Waals surface area contributed by atoms with Crippen LogP contribution in [0.25, 0.3) is 0 Å². The van der Waals surface area contributed by atoms with Crippen LogP contribution >= 0.6 is 0 Å². The lowest BCUT2D eigenvalue weighted by Gasteiger charge is -2.27. The molecule has 0 saturated carbocycles. The summed E-state index contributed by atoms with van der Waals surface area (Å²) in [5.41, 5.74) is -0.0870. The number of anilines is 1. The number of nitro benzene ring substituents is 1. The molecule has 0 spiro atoms. The number of nitrogens with zero attached hydrogens (tertiary/aromatic N) is 2. The van der Waals surface area contributed by atoms with E-state index in [0.717, 1.165) is 6.07 Å². The molecule has 1 rings (SSSR count). The number of halogens is 1. The molecule has 0 unspecified atom stereocenters. The quantitative estimate of drug-likeness (QED) is 0.655. The Balaban J connectivity index is 3.39. The number of carboxylic acids is 1. The fourth-order valence-corrected chi connectivity index (χ4v) is 1.72. The Morgan fingerprint density at radius 3 is 2.53 bits per heavy atom. The lowest BCUT2D eigenvalue weighted by atomic mass is 10.1. The Bertz CT molecular complexity index is 517. The van der Waals surface area contributed by atoms with Gasteiger partial charge in [0.15, 0.2) is 0 Å². The van der Waals surface area contributed by atoms with Gasteiger partial charge >= 0.3 is 5.97 Å². The predicted octanol–water partition coefficient (Wildman–Crippen LogP) is 2.34. The monoisotopic (exact) mass is 270 g/mol. The van der Waals surface area contributed by atoms with Crippen LogP contribution in [0.4, 0.5) is 15.8 Å². The second kappa shape index (κ2) is 5.64. The third-order valence-corrected chi connectivity index (χ3v) is 2.69. The molecular weight excluding hydrogens is 255 g/mol. The van der Waals surface area contributed by atoms with Crippen LogP contribution in [0.5, 0.6) is 0 Å². The zero-order valence-electron chi connectivity index (χ0n) is 10.9. The van der Waals surface area contributed by atoms with E-state index in [1.54, 1.807) is 13.8 Å². The molecule has 0 aromatic heterocycles. The first-order valence-corrected chi connectivity index (χ1v) is 5.67. The maximum Gasteiger partial charge on any atom is 0.323 e. The fourth-order valence-electron chi connectivity index (χ4n) is 1.72. The highest BCUT2D eigenvalue weighted by Crippen LogP contribution is 2.32. The Labute approximate surface area is 109 Å². The summed E-state index contributed by atoms with van der Waals surface area (Å²) in [6.45, 7) is 4.52. The highest BCUT2D eigenvalue weighted by Gasteiger charge is 2.25. The van der Waals surface area contributed by atoms with Crippen molar-refractivity contribution < 1.29 is 19.2 Å². The molecule has 7 heteroatoms. The topological polar surface area (TPSA) is 83.7 Å². The average Bonchev–Trinajstić information content (AvgIpc) is 2.28. The van der Waals surface area contributed by atoms with Gasteiger partial charge in [-0.15, -0.1) is 0 Å². The van der Waals surface area contributed by atoms with Gasteiger partial charge in [0.05, 0.1) is 11.0 Å². The zero-order chi connectivity index (χ0) is 14.7. The summed E-state index contributed by atoms with van der Waals surface area (Å²) in [5.74, 6) is -1.79. The Morgan fingerprint density at radius 2 is 2.11 bits per heavy atom. The number of carboxylic acid groups (broad SMARTS) is 1. The predicted molar refractivity (Wildman–Crippen MR) is 67.9 cm³/mol. The molecule has 1 N–H and O–H groups in total. The highest BCUT2D eigenvalue weighted by molar-refractivity contribution is 5.76. The van der Waals surface area contributed by atoms with Crippen molar-refractivity contribution in [2.24, 2.45) is 0 Å². The van der Waals surface area contributed by atoms with Crippen molar-refractivity contribution in [2.45, 2.75) is 26.8 Å². The van der Waals surface area contributed by atoms with Crippen LogP contribution < -0.4 is 4.90 Å². The van der Waals surface area contributed by atoms with Crippen molar-refractivity contribution in [3.63, 3.8) is 0 Å². The first-order valence-electron chi connectivity index (χ1n) is 5.67. The van der Waals surface area contributed by atoms with Gasteiger partial charge in [-0.2, -0.15) is 0 Å². The molecule has 1 aromatic carbocycles. The lowest BCUT2D eigenvalue weighted by Crippen LogP contribution is -2.36. The number of hydrogen-bond donors (Lipinski definition) is 1. The fraction of sp³-hybridized carbons (Fsp3) is 0.417. The lowest BCUT2D eigenvalue weighted by molar-refractivity contribution is -0.384. The normalized spacial score (nSPS) is 10.6. The molecule has 0 radical (unpaired) electrons. The summed E-state index contributed by atoms with van der Waals surface area (Å²) >= 11 is 0. The van der Waals surface area contributed by atoms with Crippen LogP contribution in [-0.4, -0.2) is 28.6 Å². The molecule has 0 aliphatic carbocycles. The van der Waals surface area contributed by atoms with E-state index >= 15 is 0 Å². The standard InChI is InChI=1S/C12H15FN2O4/c1-7(2)14(6-12(16)17)10-4-8(3)9(13)5-11(10)15(18)19/h4-5,7H,6H2,1-3H3,(H,16,17). The number of nitro groups is 1. The first-order chi connectivity index (χ1) is 8.73. The Morgan fingerprint density at radius 1 is 1.53 bits per heavy atom. The summed E-state index contributed by atoms with van der Waals surface area (Å²) in [6.07, 6.45) is 0. The molecule has 6 nitrogen and oxygen atoms in total. The molecule has 0 aliphatic rings. The molecular formula is C12H15FN2O4. The Hall–Kier alpha value is -2.18. The van der Waals surface area contributed by atoms with E-state index in [1.807, 2.05) is 0 Å². The van der Waals surface area contributed by atoms with E-state index < -0.39 is 22.4 Å².